The lowest BCUT2D eigenvalue weighted by atomic mass is 10.1. The van der Waals surface area contributed by atoms with Gasteiger partial charge in [0.05, 0.1) is 5.56 Å². The second-order valence-corrected chi connectivity index (χ2v) is 7.52. The predicted octanol–water partition coefficient (Wildman–Crippen LogP) is 3.38. The molecule has 5 nitrogen and oxygen atoms in total. The van der Waals surface area contributed by atoms with Gasteiger partial charge in [-0.1, -0.05) is 0 Å². The number of rotatable bonds is 3. The molecule has 0 aliphatic carbocycles. The molecule has 0 bridgehead atoms. The molecule has 0 radical (unpaired) electrons. The van der Waals surface area contributed by atoms with Gasteiger partial charge in [0, 0.05) is 38.4 Å². The molecule has 2 N–H and O–H groups in total. The second kappa shape index (κ2) is 7.73. The van der Waals surface area contributed by atoms with E-state index in [9.17, 15) is 18.0 Å². The third-order valence-electron chi connectivity index (χ3n) is 4.08. The van der Waals surface area contributed by atoms with Gasteiger partial charge >= 0.3 is 12.3 Å². The van der Waals surface area contributed by atoms with Gasteiger partial charge < -0.3 is 15.4 Å². The third kappa shape index (κ3) is 6.09. The normalized spacial score (nSPS) is 16.6. The Morgan fingerprint density at radius 1 is 1.12 bits per heavy atom. The van der Waals surface area contributed by atoms with E-state index in [1.807, 2.05) is 20.8 Å². The fourth-order valence-corrected chi connectivity index (χ4v) is 2.79. The number of carbonyl (C=O) groups excluding carboxylic acids is 1. The highest BCUT2D eigenvalue weighted by molar-refractivity contribution is 5.68. The summed E-state index contributed by atoms with van der Waals surface area (Å²) in [4.78, 5) is 15.8. The number of nitrogens with two attached hydrogens (primary N) is 1. The first-order valence-electron chi connectivity index (χ1n) is 8.61. The minimum absolute atomic E-state index is 0.115. The molecule has 1 saturated heterocycles. The number of carbonyl (C=O) groups is 1. The molecule has 1 heterocycles. The number of ether oxygens (including phenoxy) is 1. The Kier molecular flexibility index (Phi) is 6.05. The molecular weight excluding hydrogens is 347 g/mol. The lowest BCUT2D eigenvalue weighted by Gasteiger charge is -2.35. The Hall–Kier alpha value is -1.96. The summed E-state index contributed by atoms with van der Waals surface area (Å²) in [5.41, 5.74) is 5.02. The van der Waals surface area contributed by atoms with Crippen LogP contribution in [0.1, 0.15) is 31.9 Å². The summed E-state index contributed by atoms with van der Waals surface area (Å²) in [6.07, 6.45) is -4.26. The van der Waals surface area contributed by atoms with Crippen LogP contribution in [0.2, 0.25) is 0 Å². The summed E-state index contributed by atoms with van der Waals surface area (Å²) >= 11 is 0. The standard InChI is InChI=1S/C18H26F3N3O2/c1-17(2,3)26-16(25)24-8-6-23(7-9-24)5-4-13-10-14(18(19,20)21)12-15(22)11-13/h10-12H,4-9,22H2,1-3H3. The average Bonchev–Trinajstić information content (AvgIpc) is 2.50. The van der Waals surface area contributed by atoms with Gasteiger partial charge in [0.1, 0.15) is 5.60 Å². The number of nitrogen functional groups attached to an aromatic ring is 1. The van der Waals surface area contributed by atoms with E-state index in [0.717, 1.165) is 12.1 Å². The van der Waals surface area contributed by atoms with Crippen LogP contribution >= 0.6 is 0 Å². The molecule has 1 amide bonds. The van der Waals surface area contributed by atoms with Crippen molar-refractivity contribution in [1.82, 2.24) is 9.80 Å². The van der Waals surface area contributed by atoms with Crippen molar-refractivity contribution in [2.45, 2.75) is 39.0 Å². The number of hydrogen-bond acceptors (Lipinski definition) is 4. The van der Waals surface area contributed by atoms with Gasteiger partial charge in [0.15, 0.2) is 0 Å². The molecule has 26 heavy (non-hydrogen) atoms. The Balaban J connectivity index is 1.85. The van der Waals surface area contributed by atoms with Crippen LogP contribution < -0.4 is 5.73 Å². The zero-order chi connectivity index (χ0) is 19.5. The Labute approximate surface area is 151 Å². The van der Waals surface area contributed by atoms with E-state index in [4.69, 9.17) is 10.5 Å². The maximum absolute atomic E-state index is 12.9. The number of nitrogens with zero attached hydrogens (tertiary/aromatic N) is 2. The molecule has 146 valence electrons. The SMILES string of the molecule is CC(C)(C)OC(=O)N1CCN(CCc2cc(N)cc(C(F)(F)F)c2)CC1. The summed E-state index contributed by atoms with van der Waals surface area (Å²) in [5, 5.41) is 0. The van der Waals surface area contributed by atoms with E-state index in [0.29, 0.717) is 44.7 Å². The first-order chi connectivity index (χ1) is 11.9. The highest BCUT2D eigenvalue weighted by Gasteiger charge is 2.31. The predicted molar refractivity (Wildman–Crippen MR) is 93.8 cm³/mol. The molecule has 1 aromatic carbocycles. The number of anilines is 1. The average molecular weight is 373 g/mol. The lowest BCUT2D eigenvalue weighted by molar-refractivity contribution is -0.137. The number of halogens is 3. The number of alkyl halides is 3. The molecule has 8 heteroatoms. The van der Waals surface area contributed by atoms with Crippen LogP contribution in [0.15, 0.2) is 18.2 Å². The van der Waals surface area contributed by atoms with Gasteiger partial charge in [-0.15, -0.1) is 0 Å². The van der Waals surface area contributed by atoms with Gasteiger partial charge in [-0.2, -0.15) is 13.2 Å². The molecule has 0 saturated carbocycles. The van der Waals surface area contributed by atoms with Gasteiger partial charge in [0.25, 0.3) is 0 Å². The quantitative estimate of drug-likeness (QED) is 0.826. The van der Waals surface area contributed by atoms with Gasteiger partial charge in [-0.05, 0) is 51.0 Å². The van der Waals surface area contributed by atoms with Crippen molar-refractivity contribution in [3.8, 4) is 0 Å². The van der Waals surface area contributed by atoms with Crippen LogP contribution in [0.4, 0.5) is 23.7 Å². The van der Waals surface area contributed by atoms with Crippen molar-refractivity contribution in [3.63, 3.8) is 0 Å². The smallest absolute Gasteiger partial charge is 0.416 e. The lowest BCUT2D eigenvalue weighted by Crippen LogP contribution is -2.50. The summed E-state index contributed by atoms with van der Waals surface area (Å²) in [5.74, 6) is 0. The molecule has 0 spiro atoms. The van der Waals surface area contributed by atoms with Crippen LogP contribution in [0.5, 0.6) is 0 Å². The fraction of sp³-hybridized carbons (Fsp3) is 0.611. The number of hydrogen-bond donors (Lipinski definition) is 1. The van der Waals surface area contributed by atoms with Crippen molar-refractivity contribution < 1.29 is 22.7 Å². The van der Waals surface area contributed by atoms with Crippen molar-refractivity contribution in [1.29, 1.82) is 0 Å². The molecule has 0 unspecified atom stereocenters. The largest absolute Gasteiger partial charge is 0.444 e. The van der Waals surface area contributed by atoms with Gasteiger partial charge in [-0.3, -0.25) is 4.90 Å². The topological polar surface area (TPSA) is 58.8 Å². The molecular formula is C18H26F3N3O2. The van der Waals surface area contributed by atoms with E-state index in [1.165, 1.54) is 0 Å². The number of benzene rings is 1. The Bertz CT molecular complexity index is 634. The van der Waals surface area contributed by atoms with E-state index in [2.05, 4.69) is 4.90 Å². The molecule has 0 aromatic heterocycles. The van der Waals surface area contributed by atoms with E-state index < -0.39 is 17.3 Å². The molecule has 2 rings (SSSR count). The number of amides is 1. The first kappa shape index (κ1) is 20.4. The fourth-order valence-electron chi connectivity index (χ4n) is 2.79. The monoisotopic (exact) mass is 373 g/mol. The maximum atomic E-state index is 12.9. The van der Waals surface area contributed by atoms with Crippen LogP contribution in [-0.2, 0) is 17.3 Å². The van der Waals surface area contributed by atoms with Crippen LogP contribution in [-0.4, -0.2) is 54.2 Å². The Morgan fingerprint density at radius 2 is 1.73 bits per heavy atom. The number of piperazine rings is 1. The Morgan fingerprint density at radius 3 is 2.27 bits per heavy atom. The zero-order valence-electron chi connectivity index (χ0n) is 15.4. The minimum Gasteiger partial charge on any atom is -0.444 e. The van der Waals surface area contributed by atoms with Crippen molar-refractivity contribution >= 4 is 11.8 Å². The highest BCUT2D eigenvalue weighted by atomic mass is 19.4. The summed E-state index contributed by atoms with van der Waals surface area (Å²) in [6, 6.07) is 3.67. The minimum atomic E-state index is -4.40. The van der Waals surface area contributed by atoms with Crippen molar-refractivity contribution in [2.24, 2.45) is 0 Å². The maximum Gasteiger partial charge on any atom is 0.416 e. The molecule has 0 atom stereocenters. The molecule has 1 fully saturated rings. The second-order valence-electron chi connectivity index (χ2n) is 7.52. The zero-order valence-corrected chi connectivity index (χ0v) is 15.4. The van der Waals surface area contributed by atoms with E-state index in [-0.39, 0.29) is 11.8 Å². The van der Waals surface area contributed by atoms with Crippen LogP contribution in [0, 0.1) is 0 Å². The van der Waals surface area contributed by atoms with Gasteiger partial charge in [0.2, 0.25) is 0 Å². The van der Waals surface area contributed by atoms with Crippen molar-refractivity contribution in [2.75, 3.05) is 38.5 Å². The van der Waals surface area contributed by atoms with E-state index in [1.54, 1.807) is 11.0 Å². The van der Waals surface area contributed by atoms with Crippen LogP contribution in [0.3, 0.4) is 0 Å². The van der Waals surface area contributed by atoms with Gasteiger partial charge in [-0.25, -0.2) is 4.79 Å². The summed E-state index contributed by atoms with van der Waals surface area (Å²) in [7, 11) is 0. The molecule has 1 aliphatic rings. The summed E-state index contributed by atoms with van der Waals surface area (Å²) in [6.45, 7) is 8.48. The third-order valence-corrected chi connectivity index (χ3v) is 4.08. The highest BCUT2D eigenvalue weighted by Crippen LogP contribution is 2.31. The first-order valence-corrected chi connectivity index (χ1v) is 8.61. The van der Waals surface area contributed by atoms with E-state index >= 15 is 0 Å². The molecule has 1 aromatic rings. The molecule has 1 aliphatic heterocycles. The van der Waals surface area contributed by atoms with Crippen LogP contribution in [0.25, 0.3) is 0 Å². The van der Waals surface area contributed by atoms with Crippen molar-refractivity contribution in [3.05, 3.63) is 29.3 Å². The summed E-state index contributed by atoms with van der Waals surface area (Å²) < 4.78 is 43.9.